The van der Waals surface area contributed by atoms with E-state index < -0.39 is 16.6 Å². The average Bonchev–Trinajstić information content (AvgIpc) is 3.18. The molecule has 1 saturated heterocycles. The Hall–Kier alpha value is -3.26. The monoisotopic (exact) mass is 518 g/mol. The lowest BCUT2D eigenvalue weighted by molar-refractivity contribution is 0.0687. The van der Waals surface area contributed by atoms with Crippen LogP contribution in [0.4, 0.5) is 5.69 Å². The quantitative estimate of drug-likeness (QED) is 0.267. The molecule has 0 amide bonds. The molecular weight excluding hydrogens is 484 g/mol. The fourth-order valence-electron chi connectivity index (χ4n) is 5.14. The molecule has 4 aromatic rings. The number of benzene rings is 3. The van der Waals surface area contributed by atoms with Gasteiger partial charge in [-0.1, -0.05) is 75.4 Å². The first-order valence-electron chi connectivity index (χ1n) is 12.6. The second-order valence-corrected chi connectivity index (χ2v) is 13.2. The zero-order chi connectivity index (χ0) is 26.4. The Balaban J connectivity index is 1.56. The molecule has 1 aliphatic heterocycles. The van der Waals surface area contributed by atoms with Crippen molar-refractivity contribution in [3.63, 3.8) is 0 Å². The Morgan fingerprint density at radius 1 is 0.919 bits per heavy atom. The maximum Gasteiger partial charge on any atom is 0.353 e. The van der Waals surface area contributed by atoms with Crippen LogP contribution in [-0.2, 0) is 12.0 Å². The zero-order valence-corrected chi connectivity index (χ0v) is 22.3. The van der Waals surface area contributed by atoms with Gasteiger partial charge in [-0.2, -0.15) is 10.6 Å². The van der Waals surface area contributed by atoms with Crippen LogP contribution in [0.3, 0.4) is 0 Å². The number of carbonyl (C=O) groups is 1. The SMILES string of the molecule is CC(C)(C)c1ccc(-c2c(C(=O)O)n(Cc3cccc(N4CCS(O)(O)CC4)c3)c3ccccc23)cc1. The first-order chi connectivity index (χ1) is 17.5. The van der Waals surface area contributed by atoms with Crippen molar-refractivity contribution in [1.29, 1.82) is 0 Å². The van der Waals surface area contributed by atoms with E-state index in [1.165, 1.54) is 5.56 Å². The van der Waals surface area contributed by atoms with Gasteiger partial charge in [0.2, 0.25) is 0 Å². The molecule has 0 radical (unpaired) electrons. The lowest BCUT2D eigenvalue weighted by atomic mass is 9.86. The number of anilines is 1. The molecule has 2 heterocycles. The Bertz CT molecular complexity index is 1440. The maximum absolute atomic E-state index is 12.7. The van der Waals surface area contributed by atoms with Gasteiger partial charge in [0.25, 0.3) is 0 Å². The number of carboxylic acid groups (broad SMARTS) is 1. The highest BCUT2D eigenvalue weighted by Crippen LogP contribution is 2.41. The highest BCUT2D eigenvalue weighted by atomic mass is 32.3. The first-order valence-corrected chi connectivity index (χ1v) is 14.4. The highest BCUT2D eigenvalue weighted by Gasteiger charge is 2.25. The predicted molar refractivity (Wildman–Crippen MR) is 153 cm³/mol. The normalized spacial score (nSPS) is 16.6. The van der Waals surface area contributed by atoms with E-state index in [0.717, 1.165) is 33.3 Å². The average molecular weight is 519 g/mol. The number of aromatic carboxylic acids is 1. The number of hydrogen-bond acceptors (Lipinski definition) is 4. The fourth-order valence-corrected chi connectivity index (χ4v) is 6.37. The minimum absolute atomic E-state index is 0.0126. The molecule has 37 heavy (non-hydrogen) atoms. The summed E-state index contributed by atoms with van der Waals surface area (Å²) in [5.74, 6) is -0.205. The molecule has 3 N–H and O–H groups in total. The Morgan fingerprint density at radius 3 is 2.24 bits per heavy atom. The van der Waals surface area contributed by atoms with Crippen molar-refractivity contribution in [2.24, 2.45) is 0 Å². The van der Waals surface area contributed by atoms with Gasteiger partial charge in [0, 0.05) is 41.8 Å². The van der Waals surface area contributed by atoms with Crippen molar-refractivity contribution < 1.29 is 19.0 Å². The molecule has 0 aliphatic carbocycles. The van der Waals surface area contributed by atoms with Gasteiger partial charge in [-0.05, 0) is 40.3 Å². The van der Waals surface area contributed by atoms with E-state index in [0.29, 0.717) is 31.1 Å². The second-order valence-electron chi connectivity index (χ2n) is 10.8. The summed E-state index contributed by atoms with van der Waals surface area (Å²) in [6.45, 7) is 8.10. The number of fused-ring (bicyclic) bond motifs is 1. The van der Waals surface area contributed by atoms with Gasteiger partial charge in [-0.15, -0.1) is 0 Å². The van der Waals surface area contributed by atoms with E-state index in [1.807, 2.05) is 59.2 Å². The van der Waals surface area contributed by atoms with Gasteiger partial charge in [-0.3, -0.25) is 9.11 Å². The van der Waals surface area contributed by atoms with E-state index in [9.17, 15) is 19.0 Å². The summed E-state index contributed by atoms with van der Waals surface area (Å²) >= 11 is 0. The molecule has 1 aromatic heterocycles. The van der Waals surface area contributed by atoms with Crippen molar-refractivity contribution in [2.75, 3.05) is 29.5 Å². The lowest BCUT2D eigenvalue weighted by Crippen LogP contribution is -2.38. The summed E-state index contributed by atoms with van der Waals surface area (Å²) in [4.78, 5) is 14.9. The lowest BCUT2D eigenvalue weighted by Gasteiger charge is -2.42. The molecule has 0 atom stereocenters. The summed E-state index contributed by atoms with van der Waals surface area (Å²) in [6, 6.07) is 24.2. The molecule has 3 aromatic carbocycles. The number of nitrogens with zero attached hydrogens (tertiary/aromatic N) is 2. The summed E-state index contributed by atoms with van der Waals surface area (Å²) in [5, 5.41) is 11.3. The number of aromatic nitrogens is 1. The Kier molecular flexibility index (Phi) is 6.56. The summed E-state index contributed by atoms with van der Waals surface area (Å²) in [6.07, 6.45) is 0. The van der Waals surface area contributed by atoms with Gasteiger partial charge in [0.05, 0.1) is 11.5 Å². The van der Waals surface area contributed by atoms with Crippen molar-refractivity contribution >= 4 is 33.1 Å². The predicted octanol–water partition coefficient (Wildman–Crippen LogP) is 6.92. The standard InChI is InChI=1S/C30H34N2O4S/c1-30(2,3)23-13-11-22(12-14-23)27-25-9-4-5-10-26(25)32(28(27)29(33)34)20-21-7-6-8-24(19-21)31-15-17-37(35,36)18-16-31/h4-14,19,35-36H,15-18,20H2,1-3H3,(H,33,34). The molecule has 194 valence electrons. The highest BCUT2D eigenvalue weighted by molar-refractivity contribution is 8.24. The van der Waals surface area contributed by atoms with Crippen LogP contribution in [0, 0.1) is 0 Å². The van der Waals surface area contributed by atoms with Crippen LogP contribution in [0.15, 0.2) is 72.8 Å². The van der Waals surface area contributed by atoms with Gasteiger partial charge in [-0.25, -0.2) is 4.79 Å². The van der Waals surface area contributed by atoms with Crippen molar-refractivity contribution in [3.05, 3.63) is 89.6 Å². The van der Waals surface area contributed by atoms with Crippen molar-refractivity contribution in [1.82, 2.24) is 4.57 Å². The van der Waals surface area contributed by atoms with E-state index in [2.05, 4.69) is 43.9 Å². The summed E-state index contributed by atoms with van der Waals surface area (Å²) < 4.78 is 21.9. The third kappa shape index (κ3) is 5.12. The summed E-state index contributed by atoms with van der Waals surface area (Å²) in [7, 11) is -2.47. The molecule has 0 saturated carbocycles. The minimum Gasteiger partial charge on any atom is -0.477 e. The largest absolute Gasteiger partial charge is 0.477 e. The molecule has 7 heteroatoms. The second kappa shape index (κ2) is 9.56. The number of hydrogen-bond donors (Lipinski definition) is 3. The molecule has 1 fully saturated rings. The van der Waals surface area contributed by atoms with Crippen LogP contribution in [0.25, 0.3) is 22.0 Å². The molecule has 5 rings (SSSR count). The minimum atomic E-state index is -2.47. The smallest absolute Gasteiger partial charge is 0.353 e. The molecular formula is C30H34N2O4S. The van der Waals surface area contributed by atoms with Crippen LogP contribution in [0.5, 0.6) is 0 Å². The van der Waals surface area contributed by atoms with E-state index in [1.54, 1.807) is 0 Å². The van der Waals surface area contributed by atoms with Gasteiger partial charge < -0.3 is 14.6 Å². The van der Waals surface area contributed by atoms with Crippen LogP contribution >= 0.6 is 10.6 Å². The maximum atomic E-state index is 12.7. The molecule has 0 bridgehead atoms. The number of para-hydroxylation sites is 1. The number of carboxylic acids is 1. The third-order valence-electron chi connectivity index (χ3n) is 7.21. The molecule has 6 nitrogen and oxygen atoms in total. The van der Waals surface area contributed by atoms with Crippen molar-refractivity contribution in [3.8, 4) is 11.1 Å². The van der Waals surface area contributed by atoms with Crippen LogP contribution < -0.4 is 4.90 Å². The van der Waals surface area contributed by atoms with Crippen LogP contribution in [-0.4, -0.2) is 49.3 Å². The molecule has 0 spiro atoms. The van der Waals surface area contributed by atoms with E-state index in [4.69, 9.17) is 0 Å². The van der Waals surface area contributed by atoms with Crippen molar-refractivity contribution in [2.45, 2.75) is 32.7 Å². The number of rotatable bonds is 5. The first kappa shape index (κ1) is 25.4. The third-order valence-corrected chi connectivity index (χ3v) is 8.88. The van der Waals surface area contributed by atoms with Gasteiger partial charge in [0.1, 0.15) is 5.69 Å². The van der Waals surface area contributed by atoms with Crippen LogP contribution in [0.2, 0.25) is 0 Å². The van der Waals surface area contributed by atoms with Gasteiger partial charge >= 0.3 is 5.97 Å². The molecule has 0 unspecified atom stereocenters. The van der Waals surface area contributed by atoms with E-state index >= 15 is 0 Å². The summed E-state index contributed by atoms with van der Waals surface area (Å²) in [5.41, 5.74) is 6.01. The fraction of sp³-hybridized carbons (Fsp3) is 0.300. The van der Waals surface area contributed by atoms with E-state index in [-0.39, 0.29) is 11.1 Å². The topological polar surface area (TPSA) is 85.9 Å². The zero-order valence-electron chi connectivity index (χ0n) is 21.5. The Morgan fingerprint density at radius 2 is 1.59 bits per heavy atom. The van der Waals surface area contributed by atoms with Crippen LogP contribution in [0.1, 0.15) is 42.4 Å². The Labute approximate surface area is 219 Å². The molecule has 1 aliphatic rings. The van der Waals surface area contributed by atoms with Gasteiger partial charge in [0.15, 0.2) is 0 Å².